The van der Waals surface area contributed by atoms with Crippen molar-refractivity contribution < 1.29 is 19.4 Å². The number of ether oxygens (including phenoxy) is 1. The van der Waals surface area contributed by atoms with Crippen molar-refractivity contribution in [2.75, 3.05) is 7.11 Å². The van der Waals surface area contributed by atoms with Gasteiger partial charge in [-0.15, -0.1) is 0 Å². The third-order valence-electron chi connectivity index (χ3n) is 5.10. The molecule has 1 aromatic heterocycles. The van der Waals surface area contributed by atoms with Crippen LogP contribution in [0, 0.1) is 0 Å². The first kappa shape index (κ1) is 19.4. The minimum absolute atomic E-state index is 0.0697. The van der Waals surface area contributed by atoms with Gasteiger partial charge in [0, 0.05) is 24.5 Å². The molecule has 6 heteroatoms. The lowest BCUT2D eigenvalue weighted by Crippen LogP contribution is -2.29. The molecule has 3 aromatic rings. The summed E-state index contributed by atoms with van der Waals surface area (Å²) in [5.41, 5.74) is 2.07. The fourth-order valence-corrected chi connectivity index (χ4v) is 3.66. The third-order valence-corrected chi connectivity index (χ3v) is 5.10. The van der Waals surface area contributed by atoms with Crippen LogP contribution in [0.3, 0.4) is 0 Å². The molecule has 1 amide bonds. The van der Waals surface area contributed by atoms with Gasteiger partial charge in [-0.05, 0) is 35.4 Å². The second-order valence-electron chi connectivity index (χ2n) is 6.93. The van der Waals surface area contributed by atoms with Crippen molar-refractivity contribution in [3.8, 4) is 5.75 Å². The van der Waals surface area contributed by atoms with E-state index in [1.54, 1.807) is 19.2 Å². The second-order valence-corrected chi connectivity index (χ2v) is 6.93. The zero-order valence-electron chi connectivity index (χ0n) is 16.4. The maximum Gasteiger partial charge on any atom is 0.295 e. The average molecular weight is 400 g/mol. The van der Waals surface area contributed by atoms with Crippen LogP contribution < -0.4 is 4.74 Å². The van der Waals surface area contributed by atoms with Gasteiger partial charge in [-0.3, -0.25) is 14.6 Å². The highest BCUT2D eigenvalue weighted by molar-refractivity contribution is 6.46. The minimum atomic E-state index is -0.707. The molecule has 1 N–H and O–H groups in total. The van der Waals surface area contributed by atoms with Crippen molar-refractivity contribution in [3.63, 3.8) is 0 Å². The molecular formula is C24H20N2O4. The summed E-state index contributed by atoms with van der Waals surface area (Å²) in [6.07, 6.45) is 3.05. The van der Waals surface area contributed by atoms with Crippen LogP contribution in [0.25, 0.3) is 5.76 Å². The number of methoxy groups -OCH3 is 1. The van der Waals surface area contributed by atoms with E-state index in [0.717, 1.165) is 11.1 Å². The van der Waals surface area contributed by atoms with Crippen LogP contribution in [0.1, 0.15) is 22.7 Å². The van der Waals surface area contributed by atoms with E-state index in [9.17, 15) is 14.7 Å². The normalized spacial score (nSPS) is 17.9. The van der Waals surface area contributed by atoms with Crippen LogP contribution in [-0.4, -0.2) is 33.8 Å². The number of aliphatic hydroxyl groups excluding tert-OH is 1. The molecule has 2 aromatic carbocycles. The molecule has 1 aliphatic rings. The lowest BCUT2D eigenvalue weighted by atomic mass is 9.95. The molecule has 150 valence electrons. The Labute approximate surface area is 174 Å². The van der Waals surface area contributed by atoms with Gasteiger partial charge < -0.3 is 14.7 Å². The van der Waals surface area contributed by atoms with Crippen LogP contribution in [-0.2, 0) is 16.1 Å². The lowest BCUT2D eigenvalue weighted by molar-refractivity contribution is -0.140. The molecular weight excluding hydrogens is 380 g/mol. The van der Waals surface area contributed by atoms with Gasteiger partial charge in [0.1, 0.15) is 11.5 Å². The number of Topliss-reactive ketones (excluding diaryl/α,β-unsaturated/α-hetero) is 1. The minimum Gasteiger partial charge on any atom is -0.507 e. The highest BCUT2D eigenvalue weighted by Crippen LogP contribution is 2.40. The number of carbonyl (C=O) groups is 2. The number of benzene rings is 2. The Morgan fingerprint density at radius 1 is 1.03 bits per heavy atom. The van der Waals surface area contributed by atoms with Gasteiger partial charge in [0.2, 0.25) is 0 Å². The molecule has 0 radical (unpaired) electrons. The second kappa shape index (κ2) is 8.21. The standard InChI is InChI=1S/C24H20N2O4/c1-30-19-9-5-6-16(14-19)15-26-21(17-7-3-2-4-8-17)20(23(28)24(26)29)22(27)18-10-12-25-13-11-18/h2-14,21,27H,15H2,1H3/b22-20-. The number of pyridine rings is 1. The van der Waals surface area contributed by atoms with Crippen LogP contribution in [0.5, 0.6) is 5.75 Å². The molecule has 2 heterocycles. The summed E-state index contributed by atoms with van der Waals surface area (Å²) in [7, 11) is 1.57. The lowest BCUT2D eigenvalue weighted by Gasteiger charge is -2.25. The van der Waals surface area contributed by atoms with Crippen molar-refractivity contribution in [1.29, 1.82) is 0 Å². The molecule has 0 saturated carbocycles. The molecule has 1 atom stereocenters. The first-order valence-electron chi connectivity index (χ1n) is 9.47. The SMILES string of the molecule is COc1cccc(CN2C(=O)C(=O)/C(=C(\O)c3ccncc3)C2c2ccccc2)c1. The van der Waals surface area contributed by atoms with E-state index < -0.39 is 17.7 Å². The Bertz CT molecular complexity index is 1110. The highest BCUT2D eigenvalue weighted by atomic mass is 16.5. The first-order chi connectivity index (χ1) is 14.6. The number of aliphatic hydroxyl groups is 1. The van der Waals surface area contributed by atoms with E-state index >= 15 is 0 Å². The zero-order valence-corrected chi connectivity index (χ0v) is 16.4. The Balaban J connectivity index is 1.83. The van der Waals surface area contributed by atoms with E-state index in [-0.39, 0.29) is 17.9 Å². The topological polar surface area (TPSA) is 79.7 Å². The molecule has 6 nitrogen and oxygen atoms in total. The molecule has 1 saturated heterocycles. The summed E-state index contributed by atoms with van der Waals surface area (Å²) >= 11 is 0. The predicted octanol–water partition coefficient (Wildman–Crippen LogP) is 3.71. The maximum atomic E-state index is 13.0. The number of ketones is 1. The highest BCUT2D eigenvalue weighted by Gasteiger charge is 2.46. The molecule has 0 bridgehead atoms. The van der Waals surface area contributed by atoms with Crippen LogP contribution >= 0.6 is 0 Å². The molecule has 0 aliphatic carbocycles. The molecule has 0 spiro atoms. The quantitative estimate of drug-likeness (QED) is 0.401. The Morgan fingerprint density at radius 2 is 1.77 bits per heavy atom. The third kappa shape index (κ3) is 3.55. The van der Waals surface area contributed by atoms with Gasteiger partial charge in [0.25, 0.3) is 11.7 Å². The van der Waals surface area contributed by atoms with Crippen LogP contribution in [0.4, 0.5) is 0 Å². The summed E-state index contributed by atoms with van der Waals surface area (Å²) in [4.78, 5) is 31.4. The number of rotatable bonds is 5. The summed E-state index contributed by atoms with van der Waals surface area (Å²) in [6.45, 7) is 0.203. The van der Waals surface area contributed by atoms with E-state index in [1.807, 2.05) is 54.6 Å². The summed E-state index contributed by atoms with van der Waals surface area (Å²) in [6, 6.07) is 19.1. The molecule has 4 rings (SSSR count). The van der Waals surface area contributed by atoms with Gasteiger partial charge >= 0.3 is 0 Å². The summed E-state index contributed by atoms with van der Waals surface area (Å²) < 4.78 is 5.27. The number of nitrogens with zero attached hydrogens (tertiary/aromatic N) is 2. The zero-order chi connectivity index (χ0) is 21.1. The first-order valence-corrected chi connectivity index (χ1v) is 9.47. The molecule has 1 unspecified atom stereocenters. The van der Waals surface area contributed by atoms with Gasteiger partial charge in [-0.1, -0.05) is 42.5 Å². The monoisotopic (exact) mass is 400 g/mol. The average Bonchev–Trinajstić information content (AvgIpc) is 3.05. The number of hydrogen-bond donors (Lipinski definition) is 1. The van der Waals surface area contributed by atoms with E-state index in [0.29, 0.717) is 11.3 Å². The smallest absolute Gasteiger partial charge is 0.295 e. The Hall–Kier alpha value is -3.93. The van der Waals surface area contributed by atoms with Gasteiger partial charge in [0.15, 0.2) is 0 Å². The number of hydrogen-bond acceptors (Lipinski definition) is 5. The molecule has 30 heavy (non-hydrogen) atoms. The van der Waals surface area contributed by atoms with Gasteiger partial charge in [-0.2, -0.15) is 0 Å². The molecule has 1 fully saturated rings. The maximum absolute atomic E-state index is 13.0. The number of aromatic nitrogens is 1. The van der Waals surface area contributed by atoms with Crippen molar-refractivity contribution in [1.82, 2.24) is 9.88 Å². The fourth-order valence-electron chi connectivity index (χ4n) is 3.66. The van der Waals surface area contributed by atoms with Crippen molar-refractivity contribution in [2.24, 2.45) is 0 Å². The molecule has 1 aliphatic heterocycles. The van der Waals surface area contributed by atoms with E-state index in [1.165, 1.54) is 17.3 Å². The van der Waals surface area contributed by atoms with Crippen molar-refractivity contribution in [2.45, 2.75) is 12.6 Å². The Kier molecular flexibility index (Phi) is 5.30. The summed E-state index contributed by atoms with van der Waals surface area (Å²) in [5, 5.41) is 10.9. The van der Waals surface area contributed by atoms with Gasteiger partial charge in [0.05, 0.1) is 18.7 Å². The predicted molar refractivity (Wildman–Crippen MR) is 112 cm³/mol. The Morgan fingerprint density at radius 3 is 2.47 bits per heavy atom. The fraction of sp³-hybridized carbons (Fsp3) is 0.125. The van der Waals surface area contributed by atoms with Crippen LogP contribution in [0.15, 0.2) is 84.7 Å². The van der Waals surface area contributed by atoms with E-state index in [4.69, 9.17) is 4.74 Å². The number of carbonyl (C=O) groups excluding carboxylic acids is 2. The number of likely N-dealkylation sites (tertiary alicyclic amines) is 1. The number of amides is 1. The van der Waals surface area contributed by atoms with E-state index in [2.05, 4.69) is 4.98 Å². The van der Waals surface area contributed by atoms with Crippen molar-refractivity contribution >= 4 is 17.4 Å². The van der Waals surface area contributed by atoms with Crippen molar-refractivity contribution in [3.05, 3.63) is 101 Å². The van der Waals surface area contributed by atoms with Gasteiger partial charge in [-0.25, -0.2) is 0 Å². The summed E-state index contributed by atoms with van der Waals surface area (Å²) in [5.74, 6) is -0.904. The van der Waals surface area contributed by atoms with Crippen LogP contribution in [0.2, 0.25) is 0 Å². The largest absolute Gasteiger partial charge is 0.507 e.